The highest BCUT2D eigenvalue weighted by Crippen LogP contribution is 2.19. The second kappa shape index (κ2) is 56.2. The number of rotatable bonds is 58. The number of unbranched alkanes of at least 4 members (excludes halogenated alkanes) is 48. The lowest BCUT2D eigenvalue weighted by Crippen LogP contribution is -2.31. The Hall–Kier alpha value is -1.14. The molecule has 6 heteroatoms. The van der Waals surface area contributed by atoms with Gasteiger partial charge in [0.05, 0.1) is 0 Å². The fourth-order valence-corrected chi connectivity index (χ4v) is 9.87. The minimum Gasteiger partial charge on any atom is -0.481 e. The van der Waals surface area contributed by atoms with Crippen molar-refractivity contribution < 1.29 is 19.8 Å². The van der Waals surface area contributed by atoms with Crippen molar-refractivity contribution in [1.29, 1.82) is 0 Å². The Labute approximate surface area is 401 Å². The fraction of sp³-hybridized carbons (Fsp3) is 0.966. The number of nitrogens with zero attached hydrogens (tertiary/aromatic N) is 1. The molecule has 0 atom stereocenters. The van der Waals surface area contributed by atoms with Gasteiger partial charge in [-0.1, -0.05) is 295 Å². The Morgan fingerprint density at radius 3 is 0.516 bits per heavy atom. The van der Waals surface area contributed by atoms with Crippen molar-refractivity contribution in [1.82, 2.24) is 4.90 Å². The molecule has 382 valence electrons. The SMILES string of the molecule is NCCN(CCCCCCCCCCCCCCCCCCCCCCCCCCCC(=O)O)CCCCCCCCCCCCCCCCCCCCCCCCCCCC(=O)O. The molecule has 0 bridgehead atoms. The highest BCUT2D eigenvalue weighted by Gasteiger charge is 2.05. The first-order chi connectivity index (χ1) is 31.6. The van der Waals surface area contributed by atoms with Gasteiger partial charge in [-0.3, -0.25) is 9.59 Å². The number of carbonyl (C=O) groups is 2. The maximum absolute atomic E-state index is 10.5. The normalized spacial score (nSPS) is 11.7. The molecule has 0 radical (unpaired) electrons. The van der Waals surface area contributed by atoms with Gasteiger partial charge >= 0.3 is 11.9 Å². The van der Waals surface area contributed by atoms with E-state index in [1.54, 1.807) is 0 Å². The van der Waals surface area contributed by atoms with Crippen molar-refractivity contribution >= 4 is 11.9 Å². The van der Waals surface area contributed by atoms with E-state index in [0.29, 0.717) is 12.8 Å². The van der Waals surface area contributed by atoms with Gasteiger partial charge in [-0.25, -0.2) is 0 Å². The zero-order valence-electron chi connectivity index (χ0n) is 43.3. The van der Waals surface area contributed by atoms with E-state index in [4.69, 9.17) is 15.9 Å². The molecule has 0 aromatic rings. The molecule has 0 aliphatic heterocycles. The fourth-order valence-electron chi connectivity index (χ4n) is 9.87. The molecule has 0 fully saturated rings. The quantitative estimate of drug-likeness (QED) is 0.0525. The number of hydrogen-bond donors (Lipinski definition) is 3. The molecule has 0 aromatic carbocycles. The zero-order valence-corrected chi connectivity index (χ0v) is 43.3. The van der Waals surface area contributed by atoms with Crippen LogP contribution in [0.3, 0.4) is 0 Å². The van der Waals surface area contributed by atoms with Gasteiger partial charge < -0.3 is 20.8 Å². The third kappa shape index (κ3) is 57.0. The van der Waals surface area contributed by atoms with Crippen LogP contribution in [0.25, 0.3) is 0 Å². The van der Waals surface area contributed by atoms with Crippen LogP contribution in [-0.2, 0) is 9.59 Å². The maximum Gasteiger partial charge on any atom is 0.303 e. The highest BCUT2D eigenvalue weighted by molar-refractivity contribution is 5.66. The van der Waals surface area contributed by atoms with E-state index in [9.17, 15) is 9.59 Å². The van der Waals surface area contributed by atoms with E-state index in [-0.39, 0.29) is 0 Å². The van der Waals surface area contributed by atoms with Crippen molar-refractivity contribution in [3.63, 3.8) is 0 Å². The Kier molecular flexibility index (Phi) is 55.2. The molecule has 0 rings (SSSR count). The smallest absolute Gasteiger partial charge is 0.303 e. The molecule has 0 aliphatic carbocycles. The van der Waals surface area contributed by atoms with E-state index in [0.717, 1.165) is 38.8 Å². The van der Waals surface area contributed by atoms with Crippen LogP contribution in [0.2, 0.25) is 0 Å². The molecule has 0 unspecified atom stereocenters. The first kappa shape index (κ1) is 62.9. The van der Waals surface area contributed by atoms with E-state index in [1.807, 2.05) is 0 Å². The minimum atomic E-state index is -0.651. The van der Waals surface area contributed by atoms with Gasteiger partial charge in [0.2, 0.25) is 0 Å². The van der Waals surface area contributed by atoms with Gasteiger partial charge in [-0.05, 0) is 38.8 Å². The van der Waals surface area contributed by atoms with E-state index in [2.05, 4.69) is 4.90 Å². The van der Waals surface area contributed by atoms with Crippen LogP contribution < -0.4 is 5.73 Å². The monoisotopic (exact) mass is 905 g/mol. The van der Waals surface area contributed by atoms with E-state index < -0.39 is 11.9 Å². The zero-order chi connectivity index (χ0) is 46.3. The summed E-state index contributed by atoms with van der Waals surface area (Å²) >= 11 is 0. The first-order valence-corrected chi connectivity index (χ1v) is 29.4. The molecule has 0 spiro atoms. The van der Waals surface area contributed by atoms with Crippen LogP contribution in [0.15, 0.2) is 0 Å². The number of hydrogen-bond acceptors (Lipinski definition) is 4. The van der Waals surface area contributed by atoms with Crippen LogP contribution in [0.1, 0.15) is 334 Å². The predicted molar refractivity (Wildman–Crippen MR) is 281 cm³/mol. The molecular formula is C58H116N2O4. The molecule has 0 saturated heterocycles. The van der Waals surface area contributed by atoms with Crippen molar-refractivity contribution in [3.8, 4) is 0 Å². The van der Waals surface area contributed by atoms with Crippen LogP contribution in [0.5, 0.6) is 0 Å². The molecular weight excluding hydrogens is 789 g/mol. The summed E-state index contributed by atoms with van der Waals surface area (Å²) in [6.45, 7) is 4.38. The van der Waals surface area contributed by atoms with Crippen molar-refractivity contribution in [2.75, 3.05) is 26.2 Å². The maximum atomic E-state index is 10.5. The minimum absolute atomic E-state index is 0.341. The van der Waals surface area contributed by atoms with Crippen molar-refractivity contribution in [3.05, 3.63) is 0 Å². The van der Waals surface area contributed by atoms with Crippen LogP contribution >= 0.6 is 0 Å². The molecule has 4 N–H and O–H groups in total. The van der Waals surface area contributed by atoms with E-state index in [1.165, 1.54) is 308 Å². The average molecular weight is 906 g/mol. The molecule has 6 nitrogen and oxygen atoms in total. The third-order valence-corrected chi connectivity index (χ3v) is 14.2. The summed E-state index contributed by atoms with van der Waals surface area (Å²) in [7, 11) is 0. The standard InChI is InChI=1S/C58H116N2O4/c59-53-56-60(54-49-45-41-37-33-29-25-21-17-13-9-5-1-3-7-11-15-19-23-27-31-35-39-43-47-51-57(61)62)55-50-46-42-38-34-30-26-22-18-14-10-6-2-4-8-12-16-20-24-28-32-36-40-44-48-52-58(63)64/h1-56,59H2,(H,61,62)(H,63,64). The van der Waals surface area contributed by atoms with Gasteiger partial charge in [0.1, 0.15) is 0 Å². The average Bonchev–Trinajstić information content (AvgIpc) is 3.28. The number of carboxylic acids is 2. The van der Waals surface area contributed by atoms with E-state index >= 15 is 0 Å². The third-order valence-electron chi connectivity index (χ3n) is 14.2. The summed E-state index contributed by atoms with van der Waals surface area (Å²) in [5.74, 6) is -1.30. The number of carboxylic acid groups (broad SMARTS) is 2. The molecule has 0 heterocycles. The second-order valence-electron chi connectivity index (χ2n) is 20.6. The summed E-state index contributed by atoms with van der Waals surface area (Å²) in [4.78, 5) is 23.7. The van der Waals surface area contributed by atoms with Crippen LogP contribution in [0.4, 0.5) is 0 Å². The van der Waals surface area contributed by atoms with Crippen LogP contribution in [-0.4, -0.2) is 53.2 Å². The molecule has 0 aromatic heterocycles. The predicted octanol–water partition coefficient (Wildman–Crippen LogP) is 18.7. The molecule has 0 saturated carbocycles. The lowest BCUT2D eigenvalue weighted by molar-refractivity contribution is -0.138. The topological polar surface area (TPSA) is 104 Å². The lowest BCUT2D eigenvalue weighted by atomic mass is 10.0. The first-order valence-electron chi connectivity index (χ1n) is 29.4. The number of aliphatic carboxylic acids is 2. The Bertz CT molecular complexity index is 832. The van der Waals surface area contributed by atoms with Gasteiger partial charge in [0.25, 0.3) is 0 Å². The lowest BCUT2D eigenvalue weighted by Gasteiger charge is -2.21. The molecule has 0 aliphatic rings. The van der Waals surface area contributed by atoms with Gasteiger partial charge in [0, 0.05) is 25.9 Å². The summed E-state index contributed by atoms with van der Waals surface area (Å²) in [6.07, 6.45) is 69.2. The summed E-state index contributed by atoms with van der Waals surface area (Å²) < 4.78 is 0. The van der Waals surface area contributed by atoms with Crippen LogP contribution in [0, 0.1) is 0 Å². The Balaban J connectivity index is 3.29. The highest BCUT2D eigenvalue weighted by atomic mass is 16.4. The Morgan fingerprint density at radius 2 is 0.375 bits per heavy atom. The number of nitrogens with two attached hydrogens (primary N) is 1. The van der Waals surface area contributed by atoms with Crippen molar-refractivity contribution in [2.24, 2.45) is 5.73 Å². The summed E-state index contributed by atoms with van der Waals surface area (Å²) in [6, 6.07) is 0. The summed E-state index contributed by atoms with van der Waals surface area (Å²) in [5.41, 5.74) is 5.97. The van der Waals surface area contributed by atoms with Gasteiger partial charge in [-0.2, -0.15) is 0 Å². The van der Waals surface area contributed by atoms with Gasteiger partial charge in [-0.15, -0.1) is 0 Å². The second-order valence-corrected chi connectivity index (χ2v) is 20.6. The summed E-state index contributed by atoms with van der Waals surface area (Å²) in [5, 5.41) is 17.4. The largest absolute Gasteiger partial charge is 0.481 e. The molecule has 0 amide bonds. The van der Waals surface area contributed by atoms with Gasteiger partial charge in [0.15, 0.2) is 0 Å². The molecule has 64 heavy (non-hydrogen) atoms. The van der Waals surface area contributed by atoms with Crippen molar-refractivity contribution in [2.45, 2.75) is 334 Å². The Morgan fingerprint density at radius 1 is 0.234 bits per heavy atom.